The topological polar surface area (TPSA) is 89.3 Å². The van der Waals surface area contributed by atoms with Crippen molar-refractivity contribution in [3.8, 4) is 5.75 Å². The van der Waals surface area contributed by atoms with Crippen LogP contribution in [0.5, 0.6) is 5.75 Å². The fraction of sp³-hybridized carbons (Fsp3) is 0.208. The molecule has 1 unspecified atom stereocenters. The quantitative estimate of drug-likeness (QED) is 0.274. The lowest BCUT2D eigenvalue weighted by Crippen LogP contribution is -2.36. The molecule has 0 bridgehead atoms. The molecule has 1 N–H and O–H groups in total. The lowest BCUT2D eigenvalue weighted by Gasteiger charge is -2.27. The summed E-state index contributed by atoms with van der Waals surface area (Å²) in [6.07, 6.45) is 6.19. The zero-order chi connectivity index (χ0) is 21.8. The molecule has 7 heteroatoms. The third-order valence-corrected chi connectivity index (χ3v) is 5.39. The fourth-order valence-electron chi connectivity index (χ4n) is 3.89. The maximum absolute atomic E-state index is 13.4. The highest BCUT2D eigenvalue weighted by Crippen LogP contribution is 2.38. The Morgan fingerprint density at radius 3 is 2.68 bits per heavy atom. The summed E-state index contributed by atoms with van der Waals surface area (Å²) < 4.78 is 7.17. The Morgan fingerprint density at radius 1 is 1.16 bits per heavy atom. The molecule has 1 aliphatic heterocycles. The molecule has 1 aliphatic rings. The third kappa shape index (κ3) is 4.07. The second kappa shape index (κ2) is 8.87. The number of hydrogen-bond donors (Lipinski definition) is 1. The summed E-state index contributed by atoms with van der Waals surface area (Å²) in [6, 6.07) is 15.1. The normalized spacial score (nSPS) is 17.8. The van der Waals surface area contributed by atoms with Crippen LogP contribution >= 0.6 is 0 Å². The predicted octanol–water partition coefficient (Wildman–Crippen LogP) is 1.63. The van der Waals surface area contributed by atoms with E-state index in [1.54, 1.807) is 24.3 Å². The van der Waals surface area contributed by atoms with Crippen LogP contribution in [0.25, 0.3) is 5.76 Å². The van der Waals surface area contributed by atoms with Gasteiger partial charge < -0.3 is 14.7 Å². The van der Waals surface area contributed by atoms with Crippen molar-refractivity contribution in [1.82, 2.24) is 9.88 Å². The average Bonchev–Trinajstić information content (AvgIpc) is 3.41. The van der Waals surface area contributed by atoms with E-state index < -0.39 is 23.5 Å². The predicted molar refractivity (Wildman–Crippen MR) is 111 cm³/mol. The number of ether oxygens (including phenoxy) is 1. The Labute approximate surface area is 180 Å². The number of aromatic amines is 1. The van der Waals surface area contributed by atoms with Crippen LogP contribution in [0.2, 0.25) is 0 Å². The lowest BCUT2D eigenvalue weighted by atomic mass is 9.95. The Morgan fingerprint density at radius 2 is 1.97 bits per heavy atom. The van der Waals surface area contributed by atoms with Crippen molar-refractivity contribution >= 4 is 17.4 Å². The van der Waals surface area contributed by atoms with E-state index >= 15 is 0 Å². The molecule has 1 saturated heterocycles. The molecule has 0 aliphatic carbocycles. The van der Waals surface area contributed by atoms with Crippen molar-refractivity contribution < 1.29 is 24.0 Å². The van der Waals surface area contributed by atoms with E-state index in [1.165, 1.54) is 12.0 Å². The van der Waals surface area contributed by atoms with Crippen LogP contribution in [0.1, 0.15) is 23.6 Å². The van der Waals surface area contributed by atoms with Crippen LogP contribution < -0.4 is 14.4 Å². The number of methoxy groups -OCH3 is 1. The van der Waals surface area contributed by atoms with Crippen molar-refractivity contribution in [2.75, 3.05) is 13.7 Å². The molecule has 0 spiro atoms. The number of aromatic nitrogens is 2. The standard InChI is InChI=1S/C24H23N3O4/c1-31-19-10-5-9-18(15-19)22(28)20-21(17-7-3-2-4-8-17)27(24(30)23(20)29)13-6-12-26-14-11-25-16-26/h2-5,7-11,14-16,21H,6,12-13H2,1H3,(H,28,29). The minimum atomic E-state index is -0.740. The first kappa shape index (κ1) is 20.4. The van der Waals surface area contributed by atoms with Gasteiger partial charge in [-0.15, -0.1) is 0 Å². The van der Waals surface area contributed by atoms with Crippen LogP contribution in [0, 0.1) is 0 Å². The zero-order valence-corrected chi connectivity index (χ0v) is 17.2. The molecular formula is C24H23N3O4. The van der Waals surface area contributed by atoms with Crippen molar-refractivity contribution in [3.63, 3.8) is 0 Å². The van der Waals surface area contributed by atoms with Crippen LogP contribution in [-0.2, 0) is 16.1 Å². The first-order valence-electron chi connectivity index (χ1n) is 10.1. The molecule has 7 nitrogen and oxygen atoms in total. The summed E-state index contributed by atoms with van der Waals surface area (Å²) in [5.41, 5.74) is 1.04. The van der Waals surface area contributed by atoms with Crippen molar-refractivity contribution in [2.45, 2.75) is 19.0 Å². The Hall–Kier alpha value is -3.87. The van der Waals surface area contributed by atoms with Crippen LogP contribution in [-0.4, -0.2) is 35.2 Å². The molecule has 2 heterocycles. The number of ketones is 1. The van der Waals surface area contributed by atoms with E-state index in [9.17, 15) is 14.7 Å². The minimum Gasteiger partial charge on any atom is -0.872 e. The number of carbonyl (C=O) groups excluding carboxylic acids is 2. The van der Waals surface area contributed by atoms with Crippen molar-refractivity contribution in [3.05, 3.63) is 90.0 Å². The molecule has 3 aromatic rings. The van der Waals surface area contributed by atoms with Gasteiger partial charge in [0.2, 0.25) is 12.1 Å². The summed E-state index contributed by atoms with van der Waals surface area (Å²) in [5.74, 6) is -1.32. The van der Waals surface area contributed by atoms with Crippen LogP contribution in [0.15, 0.2) is 78.9 Å². The zero-order valence-electron chi connectivity index (χ0n) is 17.2. The molecule has 1 aromatic heterocycles. The van der Waals surface area contributed by atoms with E-state index in [4.69, 9.17) is 4.74 Å². The SMILES string of the molecule is COc1cccc(/C([O-])=C2\C(=O)C(=O)N(CCC[n+]3cc[nH]c3)C2c2ccccc2)c1. The number of likely N-dealkylation sites (tertiary alicyclic amines) is 1. The number of hydrogen-bond acceptors (Lipinski definition) is 4. The Bertz CT molecular complexity index is 1110. The molecule has 4 rings (SSSR count). The monoisotopic (exact) mass is 417 g/mol. The van der Waals surface area contributed by atoms with Gasteiger partial charge in [-0.2, -0.15) is 0 Å². The number of nitrogens with zero attached hydrogens (tertiary/aromatic N) is 2. The van der Waals surface area contributed by atoms with Crippen molar-refractivity contribution in [2.24, 2.45) is 0 Å². The highest BCUT2D eigenvalue weighted by molar-refractivity contribution is 6.46. The van der Waals surface area contributed by atoms with Gasteiger partial charge in [0.05, 0.1) is 19.7 Å². The number of carbonyl (C=O) groups is 2. The Kier molecular flexibility index (Phi) is 5.84. The summed E-state index contributed by atoms with van der Waals surface area (Å²) >= 11 is 0. The van der Waals surface area contributed by atoms with Gasteiger partial charge in [-0.1, -0.05) is 48.2 Å². The molecule has 1 atom stereocenters. The molecule has 2 aromatic carbocycles. The first-order valence-corrected chi connectivity index (χ1v) is 10.1. The number of H-pyrrole nitrogens is 1. The van der Waals surface area contributed by atoms with Gasteiger partial charge in [0.15, 0.2) is 0 Å². The van der Waals surface area contributed by atoms with E-state index in [2.05, 4.69) is 4.98 Å². The molecule has 0 saturated carbocycles. The van der Waals surface area contributed by atoms with E-state index in [1.807, 2.05) is 53.6 Å². The van der Waals surface area contributed by atoms with E-state index in [-0.39, 0.29) is 5.57 Å². The summed E-state index contributed by atoms with van der Waals surface area (Å²) in [5, 5.41) is 13.4. The number of benzene rings is 2. The van der Waals surface area contributed by atoms with E-state index in [0.717, 1.165) is 5.56 Å². The van der Waals surface area contributed by atoms with Gasteiger partial charge in [0, 0.05) is 18.5 Å². The van der Waals surface area contributed by atoms with Crippen LogP contribution in [0.3, 0.4) is 0 Å². The van der Waals surface area contributed by atoms with Gasteiger partial charge in [0.25, 0.3) is 5.91 Å². The number of aryl methyl sites for hydroxylation is 1. The first-order chi connectivity index (χ1) is 15.1. The summed E-state index contributed by atoms with van der Waals surface area (Å²) in [6.45, 7) is 1.04. The van der Waals surface area contributed by atoms with Gasteiger partial charge >= 0.3 is 0 Å². The highest BCUT2D eigenvalue weighted by atomic mass is 16.5. The summed E-state index contributed by atoms with van der Waals surface area (Å²) in [4.78, 5) is 30.4. The smallest absolute Gasteiger partial charge is 0.295 e. The molecule has 31 heavy (non-hydrogen) atoms. The average molecular weight is 417 g/mol. The van der Waals surface area contributed by atoms with Crippen molar-refractivity contribution in [1.29, 1.82) is 0 Å². The van der Waals surface area contributed by atoms with Gasteiger partial charge in [-0.25, -0.2) is 4.57 Å². The fourth-order valence-corrected chi connectivity index (χ4v) is 3.89. The number of rotatable bonds is 7. The summed E-state index contributed by atoms with van der Waals surface area (Å²) in [7, 11) is 1.51. The second-order valence-corrected chi connectivity index (χ2v) is 7.32. The van der Waals surface area contributed by atoms with Gasteiger partial charge in [-0.05, 0) is 23.3 Å². The molecule has 1 amide bonds. The third-order valence-electron chi connectivity index (χ3n) is 5.39. The minimum absolute atomic E-state index is 0.0150. The van der Waals surface area contributed by atoms with Gasteiger partial charge in [-0.3, -0.25) is 14.6 Å². The second-order valence-electron chi connectivity index (χ2n) is 7.32. The number of Topliss-reactive ketones (excluding diaryl/α,β-unsaturated/α-hetero) is 1. The molecule has 1 fully saturated rings. The van der Waals surface area contributed by atoms with Gasteiger partial charge in [0.1, 0.15) is 18.1 Å². The number of nitrogens with one attached hydrogen (secondary N) is 1. The van der Waals surface area contributed by atoms with Crippen LogP contribution in [0.4, 0.5) is 0 Å². The largest absolute Gasteiger partial charge is 0.872 e. The molecule has 0 radical (unpaired) electrons. The molecular weight excluding hydrogens is 394 g/mol. The number of imidazole rings is 1. The van der Waals surface area contributed by atoms with E-state index in [0.29, 0.717) is 30.8 Å². The number of amides is 1. The lowest BCUT2D eigenvalue weighted by molar-refractivity contribution is -0.695. The maximum Gasteiger partial charge on any atom is 0.295 e. The molecule has 158 valence electrons. The maximum atomic E-state index is 13.4. The Balaban J connectivity index is 1.72. The highest BCUT2D eigenvalue weighted by Gasteiger charge is 2.43.